The van der Waals surface area contributed by atoms with Crippen molar-refractivity contribution < 1.29 is 19.1 Å². The molecule has 1 aromatic carbocycles. The highest BCUT2D eigenvalue weighted by molar-refractivity contribution is 7.12. The van der Waals surface area contributed by atoms with Gasteiger partial charge in [0.1, 0.15) is 6.04 Å². The molecule has 27 heavy (non-hydrogen) atoms. The number of aryl methyl sites for hydroxylation is 1. The summed E-state index contributed by atoms with van der Waals surface area (Å²) in [6, 6.07) is 10.4. The lowest BCUT2D eigenvalue weighted by Crippen LogP contribution is -2.46. The van der Waals surface area contributed by atoms with E-state index in [9.17, 15) is 14.4 Å². The Labute approximate surface area is 162 Å². The highest BCUT2D eigenvalue weighted by atomic mass is 32.1. The molecule has 0 fully saturated rings. The second-order valence-corrected chi connectivity index (χ2v) is 7.43. The van der Waals surface area contributed by atoms with Gasteiger partial charge in [-0.2, -0.15) is 0 Å². The Kier molecular flexibility index (Phi) is 7.55. The monoisotopic (exact) mass is 388 g/mol. The van der Waals surface area contributed by atoms with Crippen molar-refractivity contribution in [2.24, 2.45) is 5.92 Å². The van der Waals surface area contributed by atoms with E-state index in [4.69, 9.17) is 4.74 Å². The van der Waals surface area contributed by atoms with Gasteiger partial charge in [-0.25, -0.2) is 4.79 Å². The van der Waals surface area contributed by atoms with Gasteiger partial charge < -0.3 is 15.4 Å². The van der Waals surface area contributed by atoms with Gasteiger partial charge in [0.15, 0.2) is 6.61 Å². The Bertz CT molecular complexity index is 787. The maximum absolute atomic E-state index is 12.3. The standard InChI is InChI=1S/C20H24N2O4S/c1-13(2)18(22-19(24)16-9-6-10-27-16)20(25)26-12-17(23)21-11-15-8-5-4-7-14(15)3/h4-10,13,18H,11-12H2,1-3H3,(H,21,23)(H,22,24)/t18-/m1/s1. The number of carbonyl (C=O) groups is 3. The molecule has 1 aromatic heterocycles. The number of hydrogen-bond acceptors (Lipinski definition) is 5. The van der Waals surface area contributed by atoms with Crippen LogP contribution in [-0.2, 0) is 20.9 Å². The lowest BCUT2D eigenvalue weighted by Gasteiger charge is -2.20. The number of carbonyl (C=O) groups excluding carboxylic acids is 3. The third kappa shape index (κ3) is 6.21. The van der Waals surface area contributed by atoms with Crippen molar-refractivity contribution in [2.75, 3.05) is 6.61 Å². The molecule has 0 unspecified atom stereocenters. The van der Waals surface area contributed by atoms with Gasteiger partial charge in [-0.1, -0.05) is 44.2 Å². The molecule has 6 nitrogen and oxygen atoms in total. The van der Waals surface area contributed by atoms with Gasteiger partial charge in [-0.05, 0) is 35.4 Å². The van der Waals surface area contributed by atoms with Crippen LogP contribution in [0.3, 0.4) is 0 Å². The van der Waals surface area contributed by atoms with E-state index in [-0.39, 0.29) is 18.4 Å². The minimum Gasteiger partial charge on any atom is -0.454 e. The highest BCUT2D eigenvalue weighted by Crippen LogP contribution is 2.11. The average molecular weight is 388 g/mol. The first kappa shape index (κ1) is 20.6. The van der Waals surface area contributed by atoms with Crippen molar-refractivity contribution in [3.05, 3.63) is 57.8 Å². The molecule has 1 heterocycles. The maximum Gasteiger partial charge on any atom is 0.329 e. The topological polar surface area (TPSA) is 84.5 Å². The van der Waals surface area contributed by atoms with Gasteiger partial charge in [-0.15, -0.1) is 11.3 Å². The Balaban J connectivity index is 1.83. The van der Waals surface area contributed by atoms with Gasteiger partial charge in [0.2, 0.25) is 0 Å². The van der Waals surface area contributed by atoms with Crippen molar-refractivity contribution in [3.63, 3.8) is 0 Å². The summed E-state index contributed by atoms with van der Waals surface area (Å²) < 4.78 is 5.10. The van der Waals surface area contributed by atoms with E-state index in [0.717, 1.165) is 11.1 Å². The van der Waals surface area contributed by atoms with Gasteiger partial charge in [0.25, 0.3) is 11.8 Å². The minimum absolute atomic E-state index is 0.170. The zero-order valence-corrected chi connectivity index (χ0v) is 16.5. The number of esters is 1. The molecule has 7 heteroatoms. The molecule has 2 N–H and O–H groups in total. The highest BCUT2D eigenvalue weighted by Gasteiger charge is 2.27. The number of nitrogens with one attached hydrogen (secondary N) is 2. The number of rotatable bonds is 8. The first-order valence-electron chi connectivity index (χ1n) is 8.70. The fourth-order valence-electron chi connectivity index (χ4n) is 2.40. The zero-order chi connectivity index (χ0) is 19.8. The van der Waals surface area contributed by atoms with Crippen LogP contribution in [0, 0.1) is 12.8 Å². The smallest absolute Gasteiger partial charge is 0.329 e. The van der Waals surface area contributed by atoms with E-state index < -0.39 is 17.9 Å². The van der Waals surface area contributed by atoms with Crippen LogP contribution in [0.1, 0.15) is 34.6 Å². The van der Waals surface area contributed by atoms with Crippen LogP contribution in [0.15, 0.2) is 41.8 Å². The average Bonchev–Trinajstić information content (AvgIpc) is 3.18. The summed E-state index contributed by atoms with van der Waals surface area (Å²) in [7, 11) is 0. The molecule has 0 radical (unpaired) electrons. The number of thiophene rings is 1. The largest absolute Gasteiger partial charge is 0.454 e. The normalized spacial score (nSPS) is 11.7. The predicted octanol–water partition coefficient (Wildman–Crippen LogP) is 2.67. The number of hydrogen-bond donors (Lipinski definition) is 2. The lowest BCUT2D eigenvalue weighted by atomic mass is 10.0. The van der Waals surface area contributed by atoms with Crippen molar-refractivity contribution >= 4 is 29.1 Å². The molecule has 0 aliphatic rings. The van der Waals surface area contributed by atoms with Crippen LogP contribution >= 0.6 is 11.3 Å². The summed E-state index contributed by atoms with van der Waals surface area (Å²) in [5.74, 6) is -1.51. The third-order valence-corrected chi connectivity index (χ3v) is 4.90. The molecule has 2 amide bonds. The molecule has 144 valence electrons. The van der Waals surface area contributed by atoms with Crippen LogP contribution in [0.4, 0.5) is 0 Å². The number of amides is 2. The second kappa shape index (κ2) is 9.87. The van der Waals surface area contributed by atoms with Crippen LogP contribution in [0.2, 0.25) is 0 Å². The van der Waals surface area contributed by atoms with Crippen LogP contribution in [0.25, 0.3) is 0 Å². The number of ether oxygens (including phenoxy) is 1. The Hall–Kier alpha value is -2.67. The van der Waals surface area contributed by atoms with E-state index in [1.165, 1.54) is 11.3 Å². The fourth-order valence-corrected chi connectivity index (χ4v) is 3.02. The van der Waals surface area contributed by atoms with E-state index in [1.54, 1.807) is 31.4 Å². The van der Waals surface area contributed by atoms with Crippen molar-refractivity contribution in [3.8, 4) is 0 Å². The van der Waals surface area contributed by atoms with Gasteiger partial charge in [-0.3, -0.25) is 9.59 Å². The summed E-state index contributed by atoms with van der Waals surface area (Å²) in [5.41, 5.74) is 2.08. The minimum atomic E-state index is -0.816. The van der Waals surface area contributed by atoms with Gasteiger partial charge in [0.05, 0.1) is 4.88 Å². The van der Waals surface area contributed by atoms with Crippen molar-refractivity contribution in [2.45, 2.75) is 33.4 Å². The Morgan fingerprint density at radius 3 is 2.48 bits per heavy atom. The maximum atomic E-state index is 12.3. The first-order valence-corrected chi connectivity index (χ1v) is 9.58. The summed E-state index contributed by atoms with van der Waals surface area (Å²) in [6.07, 6.45) is 0. The summed E-state index contributed by atoms with van der Waals surface area (Å²) >= 11 is 1.29. The summed E-state index contributed by atoms with van der Waals surface area (Å²) in [4.78, 5) is 37.0. The van der Waals surface area contributed by atoms with Crippen LogP contribution in [-0.4, -0.2) is 30.4 Å². The molecule has 2 rings (SSSR count). The van der Waals surface area contributed by atoms with Gasteiger partial charge in [0, 0.05) is 6.54 Å². The van der Waals surface area contributed by atoms with Crippen molar-refractivity contribution in [1.29, 1.82) is 0 Å². The molecule has 0 saturated heterocycles. The SMILES string of the molecule is Cc1ccccc1CNC(=O)COC(=O)[C@H](NC(=O)c1cccs1)C(C)C. The Morgan fingerprint density at radius 1 is 1.11 bits per heavy atom. The first-order chi connectivity index (χ1) is 12.9. The quantitative estimate of drug-likeness (QED) is 0.681. The molecule has 0 saturated carbocycles. The predicted molar refractivity (Wildman–Crippen MR) is 104 cm³/mol. The second-order valence-electron chi connectivity index (χ2n) is 6.48. The third-order valence-electron chi connectivity index (χ3n) is 4.03. The fraction of sp³-hybridized carbons (Fsp3) is 0.350. The zero-order valence-electron chi connectivity index (χ0n) is 15.7. The van der Waals surface area contributed by atoms with E-state index in [0.29, 0.717) is 11.4 Å². The molecular weight excluding hydrogens is 364 g/mol. The Morgan fingerprint density at radius 2 is 1.85 bits per heavy atom. The molecule has 1 atom stereocenters. The van der Waals surface area contributed by atoms with Crippen LogP contribution < -0.4 is 10.6 Å². The van der Waals surface area contributed by atoms with Crippen molar-refractivity contribution in [1.82, 2.24) is 10.6 Å². The molecule has 0 aliphatic carbocycles. The molecule has 0 aliphatic heterocycles. The molecule has 0 spiro atoms. The van der Waals surface area contributed by atoms with E-state index in [1.807, 2.05) is 31.2 Å². The molecule has 2 aromatic rings. The van der Waals surface area contributed by atoms with E-state index >= 15 is 0 Å². The number of benzene rings is 1. The van der Waals surface area contributed by atoms with Gasteiger partial charge >= 0.3 is 5.97 Å². The summed E-state index contributed by atoms with van der Waals surface area (Å²) in [5, 5.41) is 7.19. The van der Waals surface area contributed by atoms with Crippen LogP contribution in [0.5, 0.6) is 0 Å². The summed E-state index contributed by atoms with van der Waals surface area (Å²) in [6.45, 7) is 5.55. The van der Waals surface area contributed by atoms with E-state index in [2.05, 4.69) is 10.6 Å². The molecule has 0 bridgehead atoms. The molecular formula is C20H24N2O4S. The lowest BCUT2D eigenvalue weighted by molar-refractivity contribution is -0.151.